The van der Waals surface area contributed by atoms with E-state index in [1.165, 1.54) is 11.4 Å². The standard InChI is InChI=1S/C7H13N2.CH4O4S/c1-6-5-7(2)9(4)8(6)3;1-5-6(2,3)4/h5H,1-4H3;1H3,(H,2,3,4)/q+1;/p-1. The van der Waals surface area contributed by atoms with Gasteiger partial charge in [0.05, 0.1) is 19.9 Å². The van der Waals surface area contributed by atoms with E-state index < -0.39 is 10.4 Å². The molecule has 1 rings (SSSR count). The molecule has 0 N–H and O–H groups in total. The summed E-state index contributed by atoms with van der Waals surface area (Å²) in [5.74, 6) is 0. The Kier molecular flexibility index (Phi) is 4.92. The van der Waals surface area contributed by atoms with E-state index in [0.717, 1.165) is 7.11 Å². The van der Waals surface area contributed by atoms with Crippen LogP contribution in [-0.2, 0) is 28.7 Å². The molecule has 88 valence electrons. The molecule has 0 saturated carbocycles. The zero-order valence-corrected chi connectivity index (χ0v) is 10.3. The second kappa shape index (κ2) is 5.24. The molecule has 0 amide bonds. The van der Waals surface area contributed by atoms with Crippen molar-refractivity contribution in [3.8, 4) is 0 Å². The molecule has 0 aliphatic carbocycles. The van der Waals surface area contributed by atoms with E-state index in [0.29, 0.717) is 0 Å². The second-order valence-corrected chi connectivity index (χ2v) is 4.20. The van der Waals surface area contributed by atoms with Crippen LogP contribution in [0, 0.1) is 13.8 Å². The van der Waals surface area contributed by atoms with Crippen LogP contribution in [0.1, 0.15) is 11.4 Å². The molecule has 0 unspecified atom stereocenters. The number of aryl methyl sites for hydroxylation is 2. The Labute approximate surface area is 90.0 Å². The molecule has 0 fully saturated rings. The van der Waals surface area contributed by atoms with Gasteiger partial charge in [0.1, 0.15) is 0 Å². The Hall–Kier alpha value is -0.920. The lowest BCUT2D eigenvalue weighted by Crippen LogP contribution is -2.39. The third-order valence-electron chi connectivity index (χ3n) is 2.09. The molecule has 0 atom stereocenters. The van der Waals surface area contributed by atoms with Crippen LogP contribution < -0.4 is 4.68 Å². The fraction of sp³-hybridized carbons (Fsp3) is 0.625. The van der Waals surface area contributed by atoms with Gasteiger partial charge in [-0.1, -0.05) is 0 Å². The van der Waals surface area contributed by atoms with Crippen molar-refractivity contribution in [2.24, 2.45) is 14.1 Å². The molecule has 0 saturated heterocycles. The first-order valence-corrected chi connectivity index (χ1v) is 5.53. The predicted molar refractivity (Wildman–Crippen MR) is 52.8 cm³/mol. The van der Waals surface area contributed by atoms with Crippen molar-refractivity contribution in [1.29, 1.82) is 0 Å². The molecular formula is C8H16N2O4S. The Bertz CT molecular complexity index is 400. The minimum atomic E-state index is -4.41. The zero-order valence-electron chi connectivity index (χ0n) is 9.51. The van der Waals surface area contributed by atoms with E-state index >= 15 is 0 Å². The van der Waals surface area contributed by atoms with Crippen molar-refractivity contribution < 1.29 is 21.8 Å². The highest BCUT2D eigenvalue weighted by Crippen LogP contribution is 1.94. The summed E-state index contributed by atoms with van der Waals surface area (Å²) in [7, 11) is 0.512. The van der Waals surface area contributed by atoms with Crippen molar-refractivity contribution in [2.45, 2.75) is 13.8 Å². The fourth-order valence-electron chi connectivity index (χ4n) is 0.962. The van der Waals surface area contributed by atoms with E-state index in [1.54, 1.807) is 0 Å². The van der Waals surface area contributed by atoms with Crippen molar-refractivity contribution >= 4 is 10.4 Å². The van der Waals surface area contributed by atoms with Gasteiger partial charge in [-0.25, -0.2) is 8.42 Å². The van der Waals surface area contributed by atoms with Gasteiger partial charge in [-0.2, -0.15) is 4.68 Å². The Morgan fingerprint density at radius 3 is 1.93 bits per heavy atom. The van der Waals surface area contributed by atoms with E-state index in [1.807, 2.05) is 0 Å². The molecule has 0 aliphatic heterocycles. The Morgan fingerprint density at radius 2 is 1.87 bits per heavy atom. The van der Waals surface area contributed by atoms with Gasteiger partial charge in [-0.3, -0.25) is 4.18 Å². The van der Waals surface area contributed by atoms with Crippen molar-refractivity contribution in [3.63, 3.8) is 0 Å². The van der Waals surface area contributed by atoms with Gasteiger partial charge in [0.25, 0.3) is 0 Å². The molecule has 0 spiro atoms. The van der Waals surface area contributed by atoms with Gasteiger partial charge in [0.2, 0.25) is 16.1 Å². The summed E-state index contributed by atoms with van der Waals surface area (Å²) in [4.78, 5) is 0. The number of hydrogen-bond donors (Lipinski definition) is 0. The first-order chi connectivity index (χ1) is 6.69. The van der Waals surface area contributed by atoms with Crippen molar-refractivity contribution in [2.75, 3.05) is 7.11 Å². The van der Waals surface area contributed by atoms with E-state index in [-0.39, 0.29) is 0 Å². The molecule has 15 heavy (non-hydrogen) atoms. The normalized spacial score (nSPS) is 10.8. The lowest BCUT2D eigenvalue weighted by Gasteiger charge is -1.98. The van der Waals surface area contributed by atoms with Gasteiger partial charge in [-0.15, -0.1) is 4.68 Å². The molecule has 7 heteroatoms. The van der Waals surface area contributed by atoms with Crippen molar-refractivity contribution in [3.05, 3.63) is 17.5 Å². The quantitative estimate of drug-likeness (QED) is 0.376. The number of rotatable bonds is 1. The first kappa shape index (κ1) is 14.1. The van der Waals surface area contributed by atoms with Crippen LogP contribution in [0.5, 0.6) is 0 Å². The summed E-state index contributed by atoms with van der Waals surface area (Å²) in [6.45, 7) is 4.21. The van der Waals surface area contributed by atoms with Gasteiger partial charge in [-0.05, 0) is 6.92 Å². The number of aromatic nitrogens is 2. The maximum atomic E-state index is 9.22. The SMILES string of the molecule is COS(=O)(=O)[O-].Cc1cc(C)[n+](C)n1C. The van der Waals surface area contributed by atoms with Gasteiger partial charge in [0, 0.05) is 13.0 Å². The predicted octanol–water partition coefficient (Wildman–Crippen LogP) is -0.441. The minimum absolute atomic E-state index is 0.808. The highest BCUT2D eigenvalue weighted by atomic mass is 32.3. The largest absolute Gasteiger partial charge is 0.726 e. The van der Waals surface area contributed by atoms with Gasteiger partial charge >= 0.3 is 0 Å². The smallest absolute Gasteiger partial charge is 0.217 e. The van der Waals surface area contributed by atoms with Gasteiger partial charge in [0.15, 0.2) is 7.05 Å². The summed E-state index contributed by atoms with van der Waals surface area (Å²) in [6.07, 6.45) is 0. The van der Waals surface area contributed by atoms with E-state index in [4.69, 9.17) is 0 Å². The summed E-state index contributed by atoms with van der Waals surface area (Å²) in [5, 5.41) is 0. The number of nitrogens with zero attached hydrogens (tertiary/aromatic N) is 2. The molecule has 1 aromatic heterocycles. The van der Waals surface area contributed by atoms with E-state index in [9.17, 15) is 13.0 Å². The lowest BCUT2D eigenvalue weighted by molar-refractivity contribution is -0.756. The monoisotopic (exact) mass is 236 g/mol. The average molecular weight is 236 g/mol. The highest BCUT2D eigenvalue weighted by Gasteiger charge is 2.06. The maximum absolute atomic E-state index is 9.22. The van der Waals surface area contributed by atoms with Crippen molar-refractivity contribution in [1.82, 2.24) is 4.68 Å². The molecule has 1 heterocycles. The summed E-state index contributed by atoms with van der Waals surface area (Å²) < 4.78 is 35.3. The van der Waals surface area contributed by atoms with E-state index in [2.05, 4.69) is 47.6 Å². The fourth-order valence-corrected chi connectivity index (χ4v) is 0.962. The molecule has 1 aromatic rings. The number of hydrogen-bond acceptors (Lipinski definition) is 4. The lowest BCUT2D eigenvalue weighted by atomic mass is 10.4. The Morgan fingerprint density at radius 1 is 1.47 bits per heavy atom. The molecular weight excluding hydrogens is 220 g/mol. The summed E-state index contributed by atoms with van der Waals surface area (Å²) in [5.41, 5.74) is 2.60. The maximum Gasteiger partial charge on any atom is 0.217 e. The topological polar surface area (TPSA) is 75.2 Å². The van der Waals surface area contributed by atoms with Crippen LogP contribution >= 0.6 is 0 Å². The molecule has 0 aliphatic rings. The molecule has 0 radical (unpaired) electrons. The third-order valence-corrected chi connectivity index (χ3v) is 2.50. The molecule has 6 nitrogen and oxygen atoms in total. The zero-order chi connectivity index (χ0) is 12.2. The van der Waals surface area contributed by atoms with Crippen LogP contribution in [0.25, 0.3) is 0 Å². The average Bonchev–Trinajstić information content (AvgIpc) is 2.33. The molecule has 0 bridgehead atoms. The summed E-state index contributed by atoms with van der Waals surface area (Å²) >= 11 is 0. The Balaban J connectivity index is 0.000000288. The van der Waals surface area contributed by atoms with Gasteiger partial charge < -0.3 is 4.55 Å². The van der Waals surface area contributed by atoms with Crippen LogP contribution in [0.4, 0.5) is 0 Å². The molecule has 0 aromatic carbocycles. The van der Waals surface area contributed by atoms with Crippen LogP contribution in [0.15, 0.2) is 6.07 Å². The van der Waals surface area contributed by atoms with Crippen LogP contribution in [0.2, 0.25) is 0 Å². The second-order valence-electron chi connectivity index (χ2n) is 3.05. The minimum Gasteiger partial charge on any atom is -0.726 e. The third kappa shape index (κ3) is 4.91. The van der Waals surface area contributed by atoms with Crippen LogP contribution in [0.3, 0.4) is 0 Å². The van der Waals surface area contributed by atoms with Crippen LogP contribution in [-0.4, -0.2) is 24.8 Å². The highest BCUT2D eigenvalue weighted by molar-refractivity contribution is 7.80. The first-order valence-electron chi connectivity index (χ1n) is 4.19. The summed E-state index contributed by atoms with van der Waals surface area (Å²) in [6, 6.07) is 2.17.